The van der Waals surface area contributed by atoms with Crippen molar-refractivity contribution in [3.05, 3.63) is 41.0 Å². The summed E-state index contributed by atoms with van der Waals surface area (Å²) < 4.78 is 26.3. The van der Waals surface area contributed by atoms with Crippen molar-refractivity contribution in [2.75, 3.05) is 4.72 Å². The number of aromatic carboxylic acids is 1. The monoisotopic (exact) mass is 309 g/mol. The largest absolute Gasteiger partial charge is 0.476 e. The molecule has 0 fully saturated rings. The first-order valence-electron chi connectivity index (χ1n) is 5.14. The Morgan fingerprint density at radius 1 is 1.35 bits per heavy atom. The highest BCUT2D eigenvalue weighted by Gasteiger charge is 2.20. The minimum absolute atomic E-state index is 0.0677. The summed E-state index contributed by atoms with van der Waals surface area (Å²) in [5.74, 6) is -1.32. The summed E-state index contributed by atoms with van der Waals surface area (Å²) in [4.78, 5) is 14.4. The van der Waals surface area contributed by atoms with Crippen molar-refractivity contribution < 1.29 is 18.3 Å². The molecule has 0 radical (unpaired) electrons. The summed E-state index contributed by atoms with van der Waals surface area (Å²) >= 11 is 0.873. The van der Waals surface area contributed by atoms with Gasteiger partial charge in [-0.15, -0.1) is 11.3 Å². The molecular formula is C11H7N3O4S2. The van der Waals surface area contributed by atoms with Crippen LogP contribution in [-0.2, 0) is 10.0 Å². The summed E-state index contributed by atoms with van der Waals surface area (Å²) in [6.45, 7) is 0. The van der Waals surface area contributed by atoms with Crippen molar-refractivity contribution >= 4 is 32.3 Å². The summed E-state index contributed by atoms with van der Waals surface area (Å²) in [5, 5.41) is 17.4. The molecule has 1 aromatic carbocycles. The maximum Gasteiger partial charge on any atom is 0.357 e. The number of nitrogens with one attached hydrogen (secondary N) is 1. The average Bonchev–Trinajstić information content (AvgIpc) is 2.86. The van der Waals surface area contributed by atoms with E-state index in [2.05, 4.69) is 9.71 Å². The van der Waals surface area contributed by atoms with Crippen LogP contribution in [0.15, 0.2) is 34.7 Å². The molecule has 7 nitrogen and oxygen atoms in total. The summed E-state index contributed by atoms with van der Waals surface area (Å²) in [6, 6.07) is 7.13. The molecule has 2 aromatic rings. The molecule has 0 amide bonds. The van der Waals surface area contributed by atoms with Crippen molar-refractivity contribution in [1.29, 1.82) is 5.26 Å². The molecule has 0 saturated heterocycles. The predicted octanol–water partition coefficient (Wildman–Crippen LogP) is 1.51. The summed E-state index contributed by atoms with van der Waals surface area (Å²) in [5.41, 5.74) is 1.21. The van der Waals surface area contributed by atoms with Gasteiger partial charge in [-0.3, -0.25) is 4.72 Å². The van der Waals surface area contributed by atoms with Gasteiger partial charge in [0, 0.05) is 0 Å². The molecule has 0 aliphatic carbocycles. The third-order valence-corrected chi connectivity index (χ3v) is 4.53. The molecule has 20 heavy (non-hydrogen) atoms. The standard InChI is InChI=1S/C11H7N3O4S2/c12-5-7-1-3-8(4-2-7)20(17,18)14-10-9(11(15)16)13-6-19-10/h1-4,6,14H,(H,15,16). The molecule has 9 heteroatoms. The number of hydrogen-bond donors (Lipinski definition) is 2. The molecule has 1 heterocycles. The van der Waals surface area contributed by atoms with Gasteiger partial charge in [-0.05, 0) is 24.3 Å². The number of carboxylic acids is 1. The van der Waals surface area contributed by atoms with Crippen molar-refractivity contribution in [1.82, 2.24) is 4.98 Å². The minimum Gasteiger partial charge on any atom is -0.476 e. The molecule has 0 unspecified atom stereocenters. The van der Waals surface area contributed by atoms with Gasteiger partial charge in [0.2, 0.25) is 0 Å². The van der Waals surface area contributed by atoms with Gasteiger partial charge < -0.3 is 5.11 Å². The molecule has 0 aliphatic heterocycles. The van der Waals surface area contributed by atoms with Crippen LogP contribution in [0.2, 0.25) is 0 Å². The van der Waals surface area contributed by atoms with Gasteiger partial charge in [0.05, 0.1) is 22.0 Å². The SMILES string of the molecule is N#Cc1ccc(S(=O)(=O)Nc2scnc2C(=O)O)cc1. The van der Waals surface area contributed by atoms with Gasteiger partial charge in [-0.2, -0.15) is 5.26 Å². The molecule has 0 bridgehead atoms. The van der Waals surface area contributed by atoms with E-state index in [1.54, 1.807) is 0 Å². The smallest absolute Gasteiger partial charge is 0.357 e. The van der Waals surface area contributed by atoms with Crippen molar-refractivity contribution in [3.8, 4) is 6.07 Å². The van der Waals surface area contributed by atoms with Gasteiger partial charge in [0.15, 0.2) is 5.69 Å². The maximum atomic E-state index is 12.1. The van der Waals surface area contributed by atoms with Crippen LogP contribution in [-0.4, -0.2) is 24.5 Å². The van der Waals surface area contributed by atoms with Gasteiger partial charge in [-0.1, -0.05) is 0 Å². The number of anilines is 1. The second-order valence-electron chi connectivity index (χ2n) is 3.58. The van der Waals surface area contributed by atoms with Crippen molar-refractivity contribution in [3.63, 3.8) is 0 Å². The van der Waals surface area contributed by atoms with Gasteiger partial charge in [0.1, 0.15) is 5.00 Å². The Morgan fingerprint density at radius 3 is 2.55 bits per heavy atom. The number of thiazole rings is 1. The van der Waals surface area contributed by atoms with E-state index in [0.29, 0.717) is 5.56 Å². The highest BCUT2D eigenvalue weighted by atomic mass is 32.2. The van der Waals surface area contributed by atoms with Crippen LogP contribution >= 0.6 is 11.3 Å². The lowest BCUT2D eigenvalue weighted by Crippen LogP contribution is -2.14. The van der Waals surface area contributed by atoms with Crippen LogP contribution in [0.1, 0.15) is 16.1 Å². The van der Waals surface area contributed by atoms with Crippen LogP contribution in [0.5, 0.6) is 0 Å². The van der Waals surface area contributed by atoms with Crippen LogP contribution in [0.3, 0.4) is 0 Å². The van der Waals surface area contributed by atoms with E-state index in [1.165, 1.54) is 29.8 Å². The Bertz CT molecular complexity index is 788. The fourth-order valence-corrected chi connectivity index (χ4v) is 3.35. The normalized spacial score (nSPS) is 10.8. The highest BCUT2D eigenvalue weighted by molar-refractivity contribution is 7.93. The van der Waals surface area contributed by atoms with Crippen LogP contribution in [0.4, 0.5) is 5.00 Å². The Morgan fingerprint density at radius 2 is 2.00 bits per heavy atom. The Balaban J connectivity index is 2.33. The number of sulfonamides is 1. The predicted molar refractivity (Wildman–Crippen MR) is 71.0 cm³/mol. The Labute approximate surface area is 118 Å². The summed E-state index contributed by atoms with van der Waals surface area (Å²) in [6.07, 6.45) is 0. The minimum atomic E-state index is -3.92. The third-order valence-electron chi connectivity index (χ3n) is 2.29. The highest BCUT2D eigenvalue weighted by Crippen LogP contribution is 2.24. The molecule has 1 aromatic heterocycles. The zero-order chi connectivity index (χ0) is 14.8. The quantitative estimate of drug-likeness (QED) is 0.883. The fourth-order valence-electron chi connectivity index (χ4n) is 1.36. The van der Waals surface area contributed by atoms with E-state index in [1.807, 2.05) is 6.07 Å². The number of nitrogens with zero attached hydrogens (tertiary/aromatic N) is 2. The third kappa shape index (κ3) is 2.76. The number of carbonyl (C=O) groups is 1. The van der Waals surface area contributed by atoms with Crippen LogP contribution in [0, 0.1) is 11.3 Å². The number of aromatic nitrogens is 1. The molecule has 0 aliphatic rings. The van der Waals surface area contributed by atoms with E-state index < -0.39 is 16.0 Å². The van der Waals surface area contributed by atoms with Crippen LogP contribution in [0.25, 0.3) is 0 Å². The van der Waals surface area contributed by atoms with E-state index in [4.69, 9.17) is 10.4 Å². The lowest BCUT2D eigenvalue weighted by molar-refractivity contribution is 0.0692. The average molecular weight is 309 g/mol. The number of rotatable bonds is 4. The van der Waals surface area contributed by atoms with Crippen molar-refractivity contribution in [2.24, 2.45) is 0 Å². The lowest BCUT2D eigenvalue weighted by atomic mass is 10.2. The van der Waals surface area contributed by atoms with E-state index in [-0.39, 0.29) is 15.6 Å². The Kier molecular flexibility index (Phi) is 3.69. The number of nitriles is 1. The first-order chi connectivity index (χ1) is 9.44. The van der Waals surface area contributed by atoms with Crippen molar-refractivity contribution in [2.45, 2.75) is 4.90 Å². The number of benzene rings is 1. The molecule has 0 saturated carbocycles. The van der Waals surface area contributed by atoms with Gasteiger partial charge in [0.25, 0.3) is 10.0 Å². The molecule has 0 atom stereocenters. The fraction of sp³-hybridized carbons (Fsp3) is 0. The second-order valence-corrected chi connectivity index (χ2v) is 6.11. The maximum absolute atomic E-state index is 12.1. The topological polar surface area (TPSA) is 120 Å². The van der Waals surface area contributed by atoms with Gasteiger partial charge >= 0.3 is 5.97 Å². The van der Waals surface area contributed by atoms with Gasteiger partial charge in [-0.25, -0.2) is 18.2 Å². The molecular weight excluding hydrogens is 302 g/mol. The molecule has 2 rings (SSSR count). The Hall–Kier alpha value is -2.44. The molecule has 2 N–H and O–H groups in total. The number of carboxylic acid groups (broad SMARTS) is 1. The zero-order valence-electron chi connectivity index (χ0n) is 9.77. The van der Waals surface area contributed by atoms with E-state index in [9.17, 15) is 13.2 Å². The first kappa shape index (κ1) is 14.0. The summed E-state index contributed by atoms with van der Waals surface area (Å²) in [7, 11) is -3.92. The molecule has 102 valence electrons. The van der Waals surface area contributed by atoms with Crippen LogP contribution < -0.4 is 4.72 Å². The first-order valence-corrected chi connectivity index (χ1v) is 7.50. The van der Waals surface area contributed by atoms with E-state index in [0.717, 1.165) is 11.3 Å². The van der Waals surface area contributed by atoms with E-state index >= 15 is 0 Å². The number of hydrogen-bond acceptors (Lipinski definition) is 6. The molecule has 0 spiro atoms. The zero-order valence-corrected chi connectivity index (χ0v) is 11.4. The second kappa shape index (κ2) is 5.28. The lowest BCUT2D eigenvalue weighted by Gasteiger charge is -2.06.